The quantitative estimate of drug-likeness (QED) is 0.795. The van der Waals surface area contributed by atoms with Gasteiger partial charge in [0.2, 0.25) is 5.27 Å². The fourth-order valence-electron chi connectivity index (χ4n) is 1.66. The van der Waals surface area contributed by atoms with Crippen molar-refractivity contribution in [3.63, 3.8) is 0 Å². The molecule has 0 bridgehead atoms. The Morgan fingerprint density at radius 1 is 1.60 bits per heavy atom. The highest BCUT2D eigenvalue weighted by Gasteiger charge is 2.23. The second-order valence-electron chi connectivity index (χ2n) is 4.79. The topological polar surface area (TPSA) is 80.7 Å². The predicted octanol–water partition coefficient (Wildman–Crippen LogP) is 0.525. The number of nitrogens with zero attached hydrogens (tertiary/aromatic N) is 3. The number of amides is 1. The standard InChI is InChI=1S/C12H20N4O4/c1-3-10(2)9-19-12(17)13-11-8-16(14-20-11)15-4-6-18-7-5-15/h8,10H,3-7,9H2,1-2H3/p+1/t10-/m0/s1. The molecular weight excluding hydrogens is 264 g/mol. The van der Waals surface area contributed by atoms with Crippen LogP contribution in [0.5, 0.6) is 0 Å². The summed E-state index contributed by atoms with van der Waals surface area (Å²) in [6.45, 7) is 7.23. The van der Waals surface area contributed by atoms with Crippen LogP contribution in [0.2, 0.25) is 0 Å². The number of ether oxygens (including phenoxy) is 2. The van der Waals surface area contributed by atoms with E-state index in [1.54, 1.807) is 11.0 Å². The maximum atomic E-state index is 11.6. The van der Waals surface area contributed by atoms with E-state index in [-0.39, 0.29) is 5.88 Å². The van der Waals surface area contributed by atoms with Crippen molar-refractivity contribution in [2.24, 2.45) is 5.92 Å². The molecule has 2 rings (SSSR count). The SMILES string of the molecule is CC[C@H](C)COC(=O)Nc1c[n+](N2CCOCC2)no1. The summed E-state index contributed by atoms with van der Waals surface area (Å²) in [6, 6.07) is 0. The van der Waals surface area contributed by atoms with Gasteiger partial charge in [-0.25, -0.2) is 4.79 Å². The number of aromatic nitrogens is 2. The Kier molecular flexibility index (Phi) is 5.16. The first-order chi connectivity index (χ1) is 9.69. The van der Waals surface area contributed by atoms with E-state index in [2.05, 4.69) is 10.6 Å². The molecule has 2 heterocycles. The monoisotopic (exact) mass is 285 g/mol. The maximum absolute atomic E-state index is 11.6. The average molecular weight is 285 g/mol. The smallest absolute Gasteiger partial charge is 0.414 e. The van der Waals surface area contributed by atoms with Crippen molar-refractivity contribution >= 4 is 12.0 Å². The largest absolute Gasteiger partial charge is 0.449 e. The zero-order valence-corrected chi connectivity index (χ0v) is 11.9. The number of hydrogen-bond acceptors (Lipinski definition) is 6. The summed E-state index contributed by atoms with van der Waals surface area (Å²) in [5.74, 6) is 0.597. The molecule has 8 heteroatoms. The summed E-state index contributed by atoms with van der Waals surface area (Å²) < 4.78 is 15.4. The summed E-state index contributed by atoms with van der Waals surface area (Å²) in [6.07, 6.45) is 2.04. The fourth-order valence-corrected chi connectivity index (χ4v) is 1.66. The van der Waals surface area contributed by atoms with Gasteiger partial charge in [0, 0.05) is 0 Å². The third-order valence-electron chi connectivity index (χ3n) is 3.15. The van der Waals surface area contributed by atoms with Gasteiger partial charge in [-0.2, -0.15) is 0 Å². The molecule has 0 radical (unpaired) electrons. The van der Waals surface area contributed by atoms with Crippen molar-refractivity contribution in [1.82, 2.24) is 5.27 Å². The van der Waals surface area contributed by atoms with Crippen LogP contribution in [0.15, 0.2) is 10.7 Å². The van der Waals surface area contributed by atoms with E-state index < -0.39 is 6.09 Å². The highest BCUT2D eigenvalue weighted by Crippen LogP contribution is 2.05. The van der Waals surface area contributed by atoms with E-state index >= 15 is 0 Å². The van der Waals surface area contributed by atoms with Crippen molar-refractivity contribution in [2.75, 3.05) is 43.2 Å². The number of anilines is 1. The van der Waals surface area contributed by atoms with Gasteiger partial charge < -0.3 is 9.47 Å². The van der Waals surface area contributed by atoms with Crippen molar-refractivity contribution < 1.29 is 23.6 Å². The van der Waals surface area contributed by atoms with Crippen LogP contribution in [0.1, 0.15) is 20.3 Å². The highest BCUT2D eigenvalue weighted by molar-refractivity contribution is 5.82. The molecule has 1 aliphatic heterocycles. The average Bonchev–Trinajstić information content (AvgIpc) is 2.94. The third kappa shape index (κ3) is 4.09. The predicted molar refractivity (Wildman–Crippen MR) is 69.9 cm³/mol. The van der Waals surface area contributed by atoms with Gasteiger partial charge in [0.05, 0.1) is 37.7 Å². The molecule has 0 saturated carbocycles. The molecule has 1 aliphatic rings. The molecule has 20 heavy (non-hydrogen) atoms. The van der Waals surface area contributed by atoms with E-state index in [1.165, 1.54) is 0 Å². The number of rotatable bonds is 5. The summed E-state index contributed by atoms with van der Waals surface area (Å²) in [4.78, 5) is 13.1. The Morgan fingerprint density at radius 2 is 2.35 bits per heavy atom. The van der Waals surface area contributed by atoms with E-state index in [4.69, 9.17) is 14.0 Å². The Hall–Kier alpha value is -1.83. The summed E-state index contributed by atoms with van der Waals surface area (Å²) in [7, 11) is 0. The zero-order chi connectivity index (χ0) is 14.4. The second kappa shape index (κ2) is 7.09. The summed E-state index contributed by atoms with van der Waals surface area (Å²) in [5.41, 5.74) is 0. The minimum absolute atomic E-state index is 0.255. The first-order valence-electron chi connectivity index (χ1n) is 6.84. The van der Waals surface area contributed by atoms with Gasteiger partial charge in [0.25, 0.3) is 6.20 Å². The van der Waals surface area contributed by atoms with Crippen LogP contribution in [0.4, 0.5) is 10.7 Å². The Morgan fingerprint density at radius 3 is 3.05 bits per heavy atom. The molecule has 0 unspecified atom stereocenters. The molecule has 1 aromatic heterocycles. The molecule has 1 atom stereocenters. The van der Waals surface area contributed by atoms with Gasteiger partial charge >= 0.3 is 12.0 Å². The molecule has 0 spiro atoms. The Labute approximate surface area is 117 Å². The van der Waals surface area contributed by atoms with E-state index in [9.17, 15) is 4.79 Å². The van der Waals surface area contributed by atoms with Crippen LogP contribution in [-0.4, -0.2) is 44.3 Å². The van der Waals surface area contributed by atoms with Crippen molar-refractivity contribution in [3.8, 4) is 0 Å². The molecule has 0 aromatic carbocycles. The number of nitrogens with one attached hydrogen (secondary N) is 1. The molecule has 1 fully saturated rings. The molecule has 1 amide bonds. The number of morpholine rings is 1. The van der Waals surface area contributed by atoms with E-state index in [0.29, 0.717) is 25.7 Å². The van der Waals surface area contributed by atoms with Crippen molar-refractivity contribution in [3.05, 3.63) is 6.20 Å². The highest BCUT2D eigenvalue weighted by atomic mass is 16.6. The zero-order valence-electron chi connectivity index (χ0n) is 11.9. The molecule has 8 nitrogen and oxygen atoms in total. The van der Waals surface area contributed by atoms with Gasteiger partial charge in [-0.05, 0) is 5.92 Å². The third-order valence-corrected chi connectivity index (χ3v) is 3.15. The summed E-state index contributed by atoms with van der Waals surface area (Å²) >= 11 is 0. The Balaban J connectivity index is 1.81. The van der Waals surface area contributed by atoms with Gasteiger partial charge in [0.1, 0.15) is 0 Å². The van der Waals surface area contributed by atoms with Crippen molar-refractivity contribution in [1.29, 1.82) is 0 Å². The van der Waals surface area contributed by atoms with Crippen LogP contribution in [0, 0.1) is 5.92 Å². The minimum Gasteiger partial charge on any atom is -0.449 e. The van der Waals surface area contributed by atoms with Gasteiger partial charge in [-0.15, -0.1) is 5.01 Å². The van der Waals surface area contributed by atoms with E-state index in [1.807, 2.05) is 18.9 Å². The van der Waals surface area contributed by atoms with Crippen LogP contribution in [0.25, 0.3) is 0 Å². The molecule has 112 valence electrons. The van der Waals surface area contributed by atoms with Crippen LogP contribution >= 0.6 is 0 Å². The first kappa shape index (κ1) is 14.6. The summed E-state index contributed by atoms with van der Waals surface area (Å²) in [5, 5.41) is 8.32. The molecule has 1 aromatic rings. The molecule has 1 saturated heterocycles. The lowest BCUT2D eigenvalue weighted by Gasteiger charge is -2.18. The number of carbonyl (C=O) groups excluding carboxylic acids is 1. The molecule has 0 aliphatic carbocycles. The molecule has 1 N–H and O–H groups in total. The van der Waals surface area contributed by atoms with Gasteiger partial charge in [0.15, 0.2) is 0 Å². The molecular formula is C12H21N4O4+. The van der Waals surface area contributed by atoms with E-state index in [0.717, 1.165) is 19.5 Å². The van der Waals surface area contributed by atoms with Crippen molar-refractivity contribution in [2.45, 2.75) is 20.3 Å². The maximum Gasteiger partial charge on any atom is 0.414 e. The van der Waals surface area contributed by atoms with Crippen LogP contribution < -0.4 is 15.1 Å². The lowest BCUT2D eigenvalue weighted by atomic mass is 10.1. The van der Waals surface area contributed by atoms with Gasteiger partial charge in [-0.3, -0.25) is 9.84 Å². The minimum atomic E-state index is -0.532. The fraction of sp³-hybridized carbons (Fsp3) is 0.750. The first-order valence-corrected chi connectivity index (χ1v) is 6.84. The van der Waals surface area contributed by atoms with Crippen LogP contribution in [-0.2, 0) is 9.47 Å². The lowest BCUT2D eigenvalue weighted by molar-refractivity contribution is -0.759. The number of carbonyl (C=O) groups is 1. The normalized spacial score (nSPS) is 16.8. The van der Waals surface area contributed by atoms with Gasteiger partial charge in [-0.1, -0.05) is 20.3 Å². The van der Waals surface area contributed by atoms with Crippen LogP contribution in [0.3, 0.4) is 0 Å². The number of hydrogen-bond donors (Lipinski definition) is 1. The lowest BCUT2D eigenvalue weighted by Crippen LogP contribution is -2.62. The Bertz CT molecular complexity index is 431. The second-order valence-corrected chi connectivity index (χ2v) is 4.79.